The van der Waals surface area contributed by atoms with Gasteiger partial charge in [0.1, 0.15) is 0 Å². The second kappa shape index (κ2) is 5.68. The molecule has 0 N–H and O–H groups in total. The zero-order valence-corrected chi connectivity index (χ0v) is 9.03. The topological polar surface area (TPSA) is 29.5 Å². The number of ether oxygens (including phenoxy) is 1. The van der Waals surface area contributed by atoms with Crippen LogP contribution in [0.3, 0.4) is 0 Å². The zero-order chi connectivity index (χ0) is 10.4. The first kappa shape index (κ1) is 11.1. The molecule has 1 fully saturated rings. The maximum atomic E-state index is 10.8. The van der Waals surface area contributed by atoms with E-state index >= 15 is 0 Å². The van der Waals surface area contributed by atoms with Crippen LogP contribution >= 0.6 is 0 Å². The Kier molecular flexibility index (Phi) is 4.50. The molecule has 0 amide bonds. The van der Waals surface area contributed by atoms with Crippen molar-refractivity contribution in [2.24, 2.45) is 5.92 Å². The molecule has 1 aliphatic heterocycles. The largest absolute Gasteiger partial charge is 0.466 e. The van der Waals surface area contributed by atoms with Crippen LogP contribution < -0.4 is 0 Å². The van der Waals surface area contributed by atoms with Crippen LogP contribution in [0.25, 0.3) is 0 Å². The Morgan fingerprint density at radius 3 is 2.64 bits per heavy atom. The van der Waals surface area contributed by atoms with Crippen molar-refractivity contribution in [1.82, 2.24) is 4.90 Å². The van der Waals surface area contributed by atoms with Crippen molar-refractivity contribution in [3.63, 3.8) is 0 Å². The first-order valence-electron chi connectivity index (χ1n) is 5.26. The lowest BCUT2D eigenvalue weighted by Crippen LogP contribution is -2.29. The van der Waals surface area contributed by atoms with Crippen LogP contribution in [0.1, 0.15) is 26.2 Å². The summed E-state index contributed by atoms with van der Waals surface area (Å²) >= 11 is 0. The molecule has 1 heterocycles. The summed E-state index contributed by atoms with van der Waals surface area (Å²) in [5.41, 5.74) is 0. The number of rotatable bonds is 3. The van der Waals surface area contributed by atoms with Gasteiger partial charge in [0.25, 0.3) is 0 Å². The van der Waals surface area contributed by atoms with Crippen molar-refractivity contribution in [2.45, 2.75) is 26.2 Å². The SMILES string of the molecule is CCC1CCN(/C=C/C(=O)OC)CC1. The minimum Gasteiger partial charge on any atom is -0.466 e. The smallest absolute Gasteiger partial charge is 0.331 e. The summed E-state index contributed by atoms with van der Waals surface area (Å²) in [5.74, 6) is 0.598. The number of hydrogen-bond acceptors (Lipinski definition) is 3. The Morgan fingerprint density at radius 2 is 2.14 bits per heavy atom. The molecule has 14 heavy (non-hydrogen) atoms. The van der Waals surface area contributed by atoms with E-state index in [1.54, 1.807) is 0 Å². The molecule has 0 aliphatic carbocycles. The fourth-order valence-corrected chi connectivity index (χ4v) is 1.74. The zero-order valence-electron chi connectivity index (χ0n) is 9.03. The number of esters is 1. The van der Waals surface area contributed by atoms with E-state index < -0.39 is 0 Å². The van der Waals surface area contributed by atoms with Gasteiger partial charge in [0, 0.05) is 25.4 Å². The third-order valence-electron chi connectivity index (χ3n) is 2.85. The van der Waals surface area contributed by atoms with Crippen LogP contribution in [0.5, 0.6) is 0 Å². The lowest BCUT2D eigenvalue weighted by Gasteiger charge is -2.30. The molecule has 80 valence electrons. The number of hydrogen-bond donors (Lipinski definition) is 0. The molecule has 0 spiro atoms. The molecule has 0 bridgehead atoms. The normalized spacial score (nSPS) is 18.9. The summed E-state index contributed by atoms with van der Waals surface area (Å²) < 4.78 is 4.53. The van der Waals surface area contributed by atoms with E-state index in [1.165, 1.54) is 32.4 Å². The molecule has 0 unspecified atom stereocenters. The van der Waals surface area contributed by atoms with E-state index in [0.29, 0.717) is 0 Å². The third-order valence-corrected chi connectivity index (χ3v) is 2.85. The molecule has 1 rings (SSSR count). The van der Waals surface area contributed by atoms with Gasteiger partial charge in [-0.2, -0.15) is 0 Å². The van der Waals surface area contributed by atoms with Gasteiger partial charge in [-0.1, -0.05) is 13.3 Å². The highest BCUT2D eigenvalue weighted by Gasteiger charge is 2.14. The number of nitrogens with zero attached hydrogens (tertiary/aromatic N) is 1. The molecular formula is C11H19NO2. The molecule has 1 aliphatic rings. The fourth-order valence-electron chi connectivity index (χ4n) is 1.74. The van der Waals surface area contributed by atoms with Crippen LogP contribution in [-0.2, 0) is 9.53 Å². The first-order chi connectivity index (χ1) is 6.76. The molecule has 0 aromatic carbocycles. The first-order valence-corrected chi connectivity index (χ1v) is 5.26. The van der Waals surface area contributed by atoms with E-state index in [2.05, 4.69) is 16.6 Å². The van der Waals surface area contributed by atoms with Gasteiger partial charge >= 0.3 is 5.97 Å². The number of carbonyl (C=O) groups is 1. The predicted octanol–water partition coefficient (Wildman–Crippen LogP) is 1.80. The quantitative estimate of drug-likeness (QED) is 0.510. The van der Waals surface area contributed by atoms with Crippen molar-refractivity contribution < 1.29 is 9.53 Å². The summed E-state index contributed by atoms with van der Waals surface area (Å²) in [5, 5.41) is 0. The van der Waals surface area contributed by atoms with E-state index in [4.69, 9.17) is 0 Å². The summed E-state index contributed by atoms with van der Waals surface area (Å²) in [6, 6.07) is 0. The van der Waals surface area contributed by atoms with Crippen molar-refractivity contribution >= 4 is 5.97 Å². The van der Waals surface area contributed by atoms with Gasteiger partial charge in [-0.05, 0) is 18.8 Å². The molecule has 0 saturated carbocycles. The van der Waals surface area contributed by atoms with E-state index in [1.807, 2.05) is 6.20 Å². The van der Waals surface area contributed by atoms with Gasteiger partial charge in [-0.15, -0.1) is 0 Å². The number of likely N-dealkylation sites (tertiary alicyclic amines) is 1. The van der Waals surface area contributed by atoms with Gasteiger partial charge in [-0.3, -0.25) is 0 Å². The maximum Gasteiger partial charge on any atom is 0.331 e. The van der Waals surface area contributed by atoms with Crippen molar-refractivity contribution in [1.29, 1.82) is 0 Å². The molecule has 0 aromatic rings. The highest BCUT2D eigenvalue weighted by atomic mass is 16.5. The molecule has 0 atom stereocenters. The summed E-state index contributed by atoms with van der Waals surface area (Å²) in [7, 11) is 1.40. The number of piperidine rings is 1. The van der Waals surface area contributed by atoms with Crippen LogP contribution in [0.2, 0.25) is 0 Å². The van der Waals surface area contributed by atoms with Crippen LogP contribution in [0.15, 0.2) is 12.3 Å². The van der Waals surface area contributed by atoms with E-state index in [0.717, 1.165) is 19.0 Å². The number of carbonyl (C=O) groups excluding carboxylic acids is 1. The minimum atomic E-state index is -0.275. The van der Waals surface area contributed by atoms with E-state index in [-0.39, 0.29) is 5.97 Å². The second-order valence-corrected chi connectivity index (χ2v) is 3.73. The third kappa shape index (κ3) is 3.40. The van der Waals surface area contributed by atoms with Gasteiger partial charge in [-0.25, -0.2) is 4.79 Å². The number of methoxy groups -OCH3 is 1. The molecule has 3 nitrogen and oxygen atoms in total. The molecular weight excluding hydrogens is 178 g/mol. The summed E-state index contributed by atoms with van der Waals surface area (Å²) in [4.78, 5) is 13.0. The van der Waals surface area contributed by atoms with Crippen molar-refractivity contribution in [2.75, 3.05) is 20.2 Å². The Balaban J connectivity index is 2.28. The predicted molar refractivity (Wildman–Crippen MR) is 55.7 cm³/mol. The van der Waals surface area contributed by atoms with Gasteiger partial charge in [0.05, 0.1) is 7.11 Å². The lowest BCUT2D eigenvalue weighted by molar-refractivity contribution is -0.134. The fraction of sp³-hybridized carbons (Fsp3) is 0.727. The monoisotopic (exact) mass is 197 g/mol. The minimum absolute atomic E-state index is 0.275. The van der Waals surface area contributed by atoms with Crippen LogP contribution in [0, 0.1) is 5.92 Å². The average molecular weight is 197 g/mol. The highest BCUT2D eigenvalue weighted by molar-refractivity contribution is 5.81. The van der Waals surface area contributed by atoms with Crippen molar-refractivity contribution in [3.05, 3.63) is 12.3 Å². The summed E-state index contributed by atoms with van der Waals surface area (Å²) in [6.07, 6.45) is 7.09. The van der Waals surface area contributed by atoms with Crippen LogP contribution in [-0.4, -0.2) is 31.1 Å². The van der Waals surface area contributed by atoms with E-state index in [9.17, 15) is 4.79 Å². The van der Waals surface area contributed by atoms with Crippen molar-refractivity contribution in [3.8, 4) is 0 Å². The molecule has 1 saturated heterocycles. The highest BCUT2D eigenvalue weighted by Crippen LogP contribution is 2.19. The van der Waals surface area contributed by atoms with Crippen LogP contribution in [0.4, 0.5) is 0 Å². The molecule has 3 heteroatoms. The maximum absolute atomic E-state index is 10.8. The Morgan fingerprint density at radius 1 is 1.50 bits per heavy atom. The summed E-state index contributed by atoms with van der Waals surface area (Å²) in [6.45, 7) is 4.36. The molecule has 0 radical (unpaired) electrons. The Hall–Kier alpha value is -0.990. The standard InChI is InChI=1S/C11H19NO2/c1-3-10-4-7-12(8-5-10)9-6-11(13)14-2/h6,9-10H,3-5,7-8H2,1-2H3/b9-6+. The Bertz CT molecular complexity index is 205. The van der Waals surface area contributed by atoms with Gasteiger partial charge in [0.2, 0.25) is 0 Å². The lowest BCUT2D eigenvalue weighted by atomic mass is 9.95. The second-order valence-electron chi connectivity index (χ2n) is 3.73. The van der Waals surface area contributed by atoms with Gasteiger partial charge in [0.15, 0.2) is 0 Å². The van der Waals surface area contributed by atoms with Gasteiger partial charge < -0.3 is 9.64 Å². The Labute approximate surface area is 85.7 Å². The molecule has 0 aromatic heterocycles. The average Bonchev–Trinajstić information content (AvgIpc) is 2.26.